The highest BCUT2D eigenvalue weighted by atomic mass is 16.1. The van der Waals surface area contributed by atoms with E-state index in [9.17, 15) is 4.79 Å². The Hall–Kier alpha value is -1.77. The number of aromatic nitrogens is 1. The lowest BCUT2D eigenvalue weighted by atomic mass is 10.1. The van der Waals surface area contributed by atoms with Crippen molar-refractivity contribution >= 4 is 16.5 Å². The van der Waals surface area contributed by atoms with Gasteiger partial charge in [-0.1, -0.05) is 0 Å². The van der Waals surface area contributed by atoms with Gasteiger partial charge in [-0.15, -0.1) is 0 Å². The van der Waals surface area contributed by atoms with E-state index in [1.54, 1.807) is 6.20 Å². The molecule has 0 radical (unpaired) electrons. The minimum absolute atomic E-state index is 0.0220. The summed E-state index contributed by atoms with van der Waals surface area (Å²) >= 11 is 0. The average Bonchev–Trinajstić information content (AvgIpc) is 3.10. The number of H-pyrrole nitrogens is 1. The molecule has 2 N–H and O–H groups in total. The van der Waals surface area contributed by atoms with Crippen LogP contribution >= 0.6 is 0 Å². The molecule has 0 atom stereocenters. The molecular formula is C13H14N2O. The zero-order valence-electron chi connectivity index (χ0n) is 8.99. The first-order valence-corrected chi connectivity index (χ1v) is 5.68. The third-order valence-electron chi connectivity index (χ3n) is 3.07. The predicted molar refractivity (Wildman–Crippen MR) is 65.8 cm³/mol. The predicted octanol–water partition coefficient (Wildman–Crippen LogP) is 2.35. The van der Waals surface area contributed by atoms with Gasteiger partial charge in [0.15, 0.2) is 0 Å². The molecule has 0 aliphatic heterocycles. The molecule has 16 heavy (non-hydrogen) atoms. The molecule has 0 amide bonds. The molecule has 1 fully saturated rings. The first kappa shape index (κ1) is 9.46. The van der Waals surface area contributed by atoms with Crippen molar-refractivity contribution in [3.05, 3.63) is 40.8 Å². The number of aromatic amines is 1. The van der Waals surface area contributed by atoms with E-state index in [0.29, 0.717) is 0 Å². The summed E-state index contributed by atoms with van der Waals surface area (Å²) in [6.45, 7) is 1.05. The molecule has 3 heteroatoms. The van der Waals surface area contributed by atoms with Crippen LogP contribution in [0, 0.1) is 5.92 Å². The first-order valence-electron chi connectivity index (χ1n) is 5.68. The van der Waals surface area contributed by atoms with E-state index in [-0.39, 0.29) is 5.56 Å². The Morgan fingerprint density at radius 3 is 3.00 bits per heavy atom. The topological polar surface area (TPSA) is 44.9 Å². The van der Waals surface area contributed by atoms with Crippen molar-refractivity contribution in [2.24, 2.45) is 5.92 Å². The fourth-order valence-electron chi connectivity index (χ4n) is 1.89. The van der Waals surface area contributed by atoms with Crippen LogP contribution in [0.1, 0.15) is 12.8 Å². The summed E-state index contributed by atoms with van der Waals surface area (Å²) in [6, 6.07) is 7.81. The summed E-state index contributed by atoms with van der Waals surface area (Å²) in [7, 11) is 0. The number of nitrogens with one attached hydrogen (secondary N) is 2. The van der Waals surface area contributed by atoms with Crippen molar-refractivity contribution in [3.8, 4) is 0 Å². The molecule has 0 saturated heterocycles. The maximum atomic E-state index is 11.5. The average molecular weight is 214 g/mol. The number of anilines is 1. The number of fused-ring (bicyclic) bond motifs is 1. The van der Waals surface area contributed by atoms with Gasteiger partial charge in [0.05, 0.1) is 0 Å². The van der Waals surface area contributed by atoms with Crippen LogP contribution in [-0.2, 0) is 0 Å². The van der Waals surface area contributed by atoms with Gasteiger partial charge in [-0.05, 0) is 48.4 Å². The molecule has 1 saturated carbocycles. The van der Waals surface area contributed by atoms with E-state index in [0.717, 1.165) is 28.9 Å². The molecule has 0 bridgehead atoms. The lowest BCUT2D eigenvalue weighted by Crippen LogP contribution is -2.06. The van der Waals surface area contributed by atoms with Crippen molar-refractivity contribution in [2.75, 3.05) is 11.9 Å². The van der Waals surface area contributed by atoms with E-state index in [2.05, 4.69) is 10.3 Å². The van der Waals surface area contributed by atoms with Crippen molar-refractivity contribution in [1.82, 2.24) is 4.98 Å². The third kappa shape index (κ3) is 1.81. The fraction of sp³-hybridized carbons (Fsp3) is 0.308. The van der Waals surface area contributed by atoms with Gasteiger partial charge in [0.1, 0.15) is 0 Å². The molecule has 3 rings (SSSR count). The lowest BCUT2D eigenvalue weighted by Gasteiger charge is -2.06. The van der Waals surface area contributed by atoms with Crippen molar-refractivity contribution < 1.29 is 0 Å². The van der Waals surface area contributed by atoms with Crippen molar-refractivity contribution in [3.63, 3.8) is 0 Å². The van der Waals surface area contributed by atoms with Gasteiger partial charge in [0.2, 0.25) is 0 Å². The van der Waals surface area contributed by atoms with E-state index in [1.165, 1.54) is 12.8 Å². The molecule has 1 aliphatic carbocycles. The largest absolute Gasteiger partial charge is 0.385 e. The van der Waals surface area contributed by atoms with E-state index < -0.39 is 0 Å². The fourth-order valence-corrected chi connectivity index (χ4v) is 1.89. The summed E-state index contributed by atoms with van der Waals surface area (Å²) in [4.78, 5) is 14.2. The summed E-state index contributed by atoms with van der Waals surface area (Å²) in [6.07, 6.45) is 4.38. The van der Waals surface area contributed by atoms with Gasteiger partial charge >= 0.3 is 0 Å². The van der Waals surface area contributed by atoms with Gasteiger partial charge < -0.3 is 10.3 Å². The minimum atomic E-state index is -0.0220. The number of hydrogen-bond donors (Lipinski definition) is 2. The molecule has 1 heterocycles. The van der Waals surface area contributed by atoms with Gasteiger partial charge in [-0.2, -0.15) is 0 Å². The molecule has 3 nitrogen and oxygen atoms in total. The van der Waals surface area contributed by atoms with Crippen LogP contribution in [0.2, 0.25) is 0 Å². The summed E-state index contributed by atoms with van der Waals surface area (Å²) in [5.41, 5.74) is 1.08. The standard InChI is InChI=1S/C13H14N2O/c16-13-12-4-3-11(15-8-9-1-2-9)7-10(12)5-6-14-13/h3-7,9,15H,1-2,8H2,(H,14,16). The normalized spacial score (nSPS) is 15.2. The zero-order valence-corrected chi connectivity index (χ0v) is 8.99. The smallest absolute Gasteiger partial charge is 0.255 e. The highest BCUT2D eigenvalue weighted by Crippen LogP contribution is 2.29. The highest BCUT2D eigenvalue weighted by Gasteiger charge is 2.20. The van der Waals surface area contributed by atoms with Crippen LogP contribution in [0.4, 0.5) is 5.69 Å². The summed E-state index contributed by atoms with van der Waals surface area (Å²) in [5, 5.41) is 5.15. The van der Waals surface area contributed by atoms with Crippen LogP contribution in [0.25, 0.3) is 10.8 Å². The maximum Gasteiger partial charge on any atom is 0.255 e. The second-order valence-electron chi connectivity index (χ2n) is 4.43. The maximum absolute atomic E-state index is 11.5. The van der Waals surface area contributed by atoms with E-state index in [1.807, 2.05) is 24.3 Å². The second-order valence-corrected chi connectivity index (χ2v) is 4.43. The lowest BCUT2D eigenvalue weighted by molar-refractivity contribution is 0.889. The highest BCUT2D eigenvalue weighted by molar-refractivity contribution is 5.84. The number of hydrogen-bond acceptors (Lipinski definition) is 2. The monoisotopic (exact) mass is 214 g/mol. The number of rotatable bonds is 3. The Kier molecular flexibility index (Phi) is 2.17. The van der Waals surface area contributed by atoms with Crippen molar-refractivity contribution in [2.45, 2.75) is 12.8 Å². The molecular weight excluding hydrogens is 200 g/mol. The first-order chi connectivity index (χ1) is 7.83. The minimum Gasteiger partial charge on any atom is -0.385 e. The van der Waals surface area contributed by atoms with Crippen LogP contribution < -0.4 is 10.9 Å². The summed E-state index contributed by atoms with van der Waals surface area (Å²) < 4.78 is 0. The Bertz CT molecular complexity index is 569. The molecule has 1 aromatic heterocycles. The molecule has 2 aromatic rings. The Balaban J connectivity index is 1.92. The quantitative estimate of drug-likeness (QED) is 0.823. The van der Waals surface area contributed by atoms with Gasteiger partial charge in [0.25, 0.3) is 5.56 Å². The molecule has 1 aromatic carbocycles. The second kappa shape index (κ2) is 3.67. The molecule has 82 valence electrons. The van der Waals surface area contributed by atoms with E-state index in [4.69, 9.17) is 0 Å². The van der Waals surface area contributed by atoms with Gasteiger partial charge in [-0.25, -0.2) is 0 Å². The Morgan fingerprint density at radius 1 is 1.31 bits per heavy atom. The Morgan fingerprint density at radius 2 is 2.19 bits per heavy atom. The molecule has 0 unspecified atom stereocenters. The number of benzene rings is 1. The Labute approximate surface area is 93.5 Å². The van der Waals surface area contributed by atoms with E-state index >= 15 is 0 Å². The van der Waals surface area contributed by atoms with Crippen molar-refractivity contribution in [1.29, 1.82) is 0 Å². The van der Waals surface area contributed by atoms with Gasteiger partial charge in [0, 0.05) is 23.8 Å². The van der Waals surface area contributed by atoms with Crippen LogP contribution in [0.15, 0.2) is 35.3 Å². The molecule has 0 spiro atoms. The third-order valence-corrected chi connectivity index (χ3v) is 3.07. The SMILES string of the molecule is O=c1[nH]ccc2cc(NCC3CC3)ccc12. The van der Waals surface area contributed by atoms with Gasteiger partial charge in [-0.3, -0.25) is 4.79 Å². The van der Waals surface area contributed by atoms with Crippen LogP contribution in [0.3, 0.4) is 0 Å². The summed E-state index contributed by atoms with van der Waals surface area (Å²) in [5.74, 6) is 0.856. The van der Waals surface area contributed by atoms with Crippen LogP contribution in [-0.4, -0.2) is 11.5 Å². The molecule has 1 aliphatic rings. The van der Waals surface area contributed by atoms with Crippen LogP contribution in [0.5, 0.6) is 0 Å². The number of pyridine rings is 1. The zero-order chi connectivity index (χ0) is 11.0.